The lowest BCUT2D eigenvalue weighted by Crippen LogP contribution is -2.17. The van der Waals surface area contributed by atoms with Gasteiger partial charge in [-0.2, -0.15) is 0 Å². The average Bonchev–Trinajstić information content (AvgIpc) is 3.30. The third-order valence-electron chi connectivity index (χ3n) is 3.56. The van der Waals surface area contributed by atoms with E-state index in [1.807, 2.05) is 0 Å². The summed E-state index contributed by atoms with van der Waals surface area (Å²) in [6.45, 7) is 5.66. The maximum absolute atomic E-state index is 5.93. The minimum Gasteiger partial charge on any atom is -0.491 e. The van der Waals surface area contributed by atoms with Crippen LogP contribution in [0.25, 0.3) is 0 Å². The van der Waals surface area contributed by atoms with Gasteiger partial charge in [0.15, 0.2) is 0 Å². The van der Waals surface area contributed by atoms with E-state index in [1.165, 1.54) is 24.0 Å². The fraction of sp³-hybridized carbons (Fsp3) is 0.647. The molecule has 1 saturated carbocycles. The van der Waals surface area contributed by atoms with Crippen molar-refractivity contribution in [3.63, 3.8) is 0 Å². The lowest BCUT2D eigenvalue weighted by atomic mass is 10.1. The van der Waals surface area contributed by atoms with Crippen LogP contribution < -0.4 is 10.1 Å². The second kappa shape index (κ2) is 9.03. The van der Waals surface area contributed by atoms with Crippen molar-refractivity contribution in [2.45, 2.75) is 38.8 Å². The van der Waals surface area contributed by atoms with Gasteiger partial charge in [-0.05, 0) is 31.7 Å². The van der Waals surface area contributed by atoms with E-state index in [4.69, 9.17) is 14.2 Å². The number of rotatable bonds is 11. The predicted octanol–water partition coefficient (Wildman–Crippen LogP) is 2.68. The molecule has 1 aromatic rings. The molecule has 4 heteroatoms. The van der Waals surface area contributed by atoms with Gasteiger partial charge in [0.25, 0.3) is 0 Å². The van der Waals surface area contributed by atoms with Crippen molar-refractivity contribution in [3.8, 4) is 5.75 Å². The van der Waals surface area contributed by atoms with Gasteiger partial charge < -0.3 is 19.5 Å². The molecule has 0 heterocycles. The molecule has 2 rings (SSSR count). The van der Waals surface area contributed by atoms with Crippen molar-refractivity contribution in [3.05, 3.63) is 29.3 Å². The van der Waals surface area contributed by atoms with Crippen molar-refractivity contribution < 1.29 is 14.2 Å². The van der Waals surface area contributed by atoms with Gasteiger partial charge in [-0.15, -0.1) is 0 Å². The number of hydrogen-bond acceptors (Lipinski definition) is 4. The number of methoxy groups -OCH3 is 1. The monoisotopic (exact) mass is 293 g/mol. The Balaban J connectivity index is 1.72. The number of nitrogens with one attached hydrogen (secondary N) is 1. The maximum Gasteiger partial charge on any atom is 0.126 e. The summed E-state index contributed by atoms with van der Waals surface area (Å²) in [5.74, 6) is 1.01. The molecule has 1 aliphatic carbocycles. The van der Waals surface area contributed by atoms with E-state index in [9.17, 15) is 0 Å². The van der Waals surface area contributed by atoms with E-state index in [1.54, 1.807) is 7.11 Å². The van der Waals surface area contributed by atoms with Gasteiger partial charge in [-0.1, -0.05) is 18.2 Å². The highest BCUT2D eigenvalue weighted by Crippen LogP contribution is 2.25. The molecular formula is C17H27NO3. The third-order valence-corrected chi connectivity index (χ3v) is 3.56. The molecule has 0 unspecified atom stereocenters. The Kier molecular flexibility index (Phi) is 7.00. The van der Waals surface area contributed by atoms with Gasteiger partial charge in [-0.3, -0.25) is 0 Å². The van der Waals surface area contributed by atoms with E-state index in [0.717, 1.165) is 31.9 Å². The molecule has 0 radical (unpaired) electrons. The topological polar surface area (TPSA) is 39.7 Å². The highest BCUT2D eigenvalue weighted by atomic mass is 16.5. The van der Waals surface area contributed by atoms with Crippen molar-refractivity contribution in [2.24, 2.45) is 0 Å². The van der Waals surface area contributed by atoms with Gasteiger partial charge in [0.1, 0.15) is 12.4 Å². The van der Waals surface area contributed by atoms with Crippen LogP contribution in [0.2, 0.25) is 0 Å². The zero-order valence-electron chi connectivity index (χ0n) is 13.2. The molecule has 1 aliphatic rings. The first-order valence-electron chi connectivity index (χ1n) is 7.82. The van der Waals surface area contributed by atoms with Gasteiger partial charge in [0, 0.05) is 38.5 Å². The van der Waals surface area contributed by atoms with Crippen molar-refractivity contribution in [1.82, 2.24) is 5.32 Å². The van der Waals surface area contributed by atoms with E-state index in [2.05, 4.69) is 30.4 Å². The van der Waals surface area contributed by atoms with Crippen LogP contribution in [-0.4, -0.2) is 39.6 Å². The quantitative estimate of drug-likeness (QED) is 0.637. The molecule has 1 aromatic carbocycles. The van der Waals surface area contributed by atoms with Crippen LogP contribution in [-0.2, 0) is 16.0 Å². The van der Waals surface area contributed by atoms with Gasteiger partial charge in [-0.25, -0.2) is 0 Å². The van der Waals surface area contributed by atoms with Crippen LogP contribution in [0.5, 0.6) is 5.75 Å². The predicted molar refractivity (Wildman–Crippen MR) is 83.8 cm³/mol. The first kappa shape index (κ1) is 16.3. The molecular weight excluding hydrogens is 266 g/mol. The van der Waals surface area contributed by atoms with E-state index < -0.39 is 0 Å². The largest absolute Gasteiger partial charge is 0.491 e. The summed E-state index contributed by atoms with van der Waals surface area (Å²) in [5.41, 5.74) is 2.42. The van der Waals surface area contributed by atoms with Crippen LogP contribution in [0, 0.1) is 6.92 Å². The molecule has 0 aliphatic heterocycles. The molecule has 0 atom stereocenters. The Morgan fingerprint density at radius 3 is 2.76 bits per heavy atom. The standard InChI is InChI=1S/C17H27NO3/c1-14-5-3-6-15(13-18-16-7-8-16)17(14)21-12-11-20-10-4-9-19-2/h3,5-6,16,18H,4,7-13H2,1-2H3. The van der Waals surface area contributed by atoms with Gasteiger partial charge in [0.2, 0.25) is 0 Å². The van der Waals surface area contributed by atoms with Crippen LogP contribution >= 0.6 is 0 Å². The molecule has 21 heavy (non-hydrogen) atoms. The summed E-state index contributed by atoms with van der Waals surface area (Å²) in [4.78, 5) is 0. The number of ether oxygens (including phenoxy) is 3. The summed E-state index contributed by atoms with van der Waals surface area (Å²) in [6, 6.07) is 7.03. The summed E-state index contributed by atoms with van der Waals surface area (Å²) in [6.07, 6.45) is 3.53. The first-order chi connectivity index (χ1) is 10.3. The average molecular weight is 293 g/mol. The molecule has 0 amide bonds. The Bertz CT molecular complexity index is 418. The lowest BCUT2D eigenvalue weighted by molar-refractivity contribution is 0.0802. The molecule has 0 spiro atoms. The SMILES string of the molecule is COCCCOCCOc1c(C)cccc1CNC1CC1. The van der Waals surface area contributed by atoms with Crippen molar-refractivity contribution >= 4 is 0 Å². The Morgan fingerprint density at radius 2 is 2.00 bits per heavy atom. The Morgan fingerprint density at radius 1 is 1.14 bits per heavy atom. The number of hydrogen-bond donors (Lipinski definition) is 1. The second-order valence-electron chi connectivity index (χ2n) is 5.53. The Hall–Kier alpha value is -1.10. The van der Waals surface area contributed by atoms with E-state index in [-0.39, 0.29) is 0 Å². The fourth-order valence-electron chi connectivity index (χ4n) is 2.21. The fourth-order valence-corrected chi connectivity index (χ4v) is 2.21. The van der Waals surface area contributed by atoms with Crippen molar-refractivity contribution in [1.29, 1.82) is 0 Å². The number of para-hydroxylation sites is 1. The Labute approximate surface area is 127 Å². The minimum absolute atomic E-state index is 0.592. The zero-order valence-corrected chi connectivity index (χ0v) is 13.2. The van der Waals surface area contributed by atoms with E-state index >= 15 is 0 Å². The van der Waals surface area contributed by atoms with Crippen LogP contribution in [0.1, 0.15) is 30.4 Å². The summed E-state index contributed by atoms with van der Waals surface area (Å²) >= 11 is 0. The van der Waals surface area contributed by atoms with Crippen LogP contribution in [0.15, 0.2) is 18.2 Å². The lowest BCUT2D eigenvalue weighted by Gasteiger charge is -2.15. The molecule has 4 nitrogen and oxygen atoms in total. The van der Waals surface area contributed by atoms with Gasteiger partial charge in [0.05, 0.1) is 6.61 Å². The molecule has 1 N–H and O–H groups in total. The van der Waals surface area contributed by atoms with Crippen LogP contribution in [0.3, 0.4) is 0 Å². The van der Waals surface area contributed by atoms with Crippen LogP contribution in [0.4, 0.5) is 0 Å². The number of aryl methyl sites for hydroxylation is 1. The van der Waals surface area contributed by atoms with Crippen molar-refractivity contribution in [2.75, 3.05) is 33.5 Å². The molecule has 0 saturated heterocycles. The smallest absolute Gasteiger partial charge is 0.126 e. The summed E-state index contributed by atoms with van der Waals surface area (Å²) in [7, 11) is 1.71. The molecule has 0 bridgehead atoms. The minimum atomic E-state index is 0.592. The second-order valence-corrected chi connectivity index (χ2v) is 5.53. The first-order valence-corrected chi connectivity index (χ1v) is 7.82. The highest BCUT2D eigenvalue weighted by Gasteiger charge is 2.20. The highest BCUT2D eigenvalue weighted by molar-refractivity contribution is 5.40. The zero-order chi connectivity index (χ0) is 14.9. The summed E-state index contributed by atoms with van der Waals surface area (Å²) < 4.78 is 16.4. The normalized spacial score (nSPS) is 14.4. The molecule has 1 fully saturated rings. The van der Waals surface area contributed by atoms with E-state index in [0.29, 0.717) is 19.3 Å². The number of benzene rings is 1. The van der Waals surface area contributed by atoms with Gasteiger partial charge >= 0.3 is 0 Å². The maximum atomic E-state index is 5.93. The summed E-state index contributed by atoms with van der Waals surface area (Å²) in [5, 5.41) is 3.54. The third kappa shape index (κ3) is 6.04. The molecule has 118 valence electrons. The molecule has 0 aromatic heterocycles.